The maximum absolute atomic E-state index is 5.49. The smallest absolute Gasteiger partial charge is 0.178 e. The van der Waals surface area contributed by atoms with Crippen LogP contribution in [-0.4, -0.2) is 64.7 Å². The molecule has 7 nitrogen and oxygen atoms in total. The van der Waals surface area contributed by atoms with Gasteiger partial charge < -0.3 is 9.64 Å². The van der Waals surface area contributed by atoms with E-state index in [2.05, 4.69) is 37.2 Å². The number of aromatic nitrogens is 4. The summed E-state index contributed by atoms with van der Waals surface area (Å²) in [5.74, 6) is 0.950. The van der Waals surface area contributed by atoms with Gasteiger partial charge in [-0.1, -0.05) is 17.3 Å². The predicted octanol–water partition coefficient (Wildman–Crippen LogP) is 2.05. The van der Waals surface area contributed by atoms with Crippen molar-refractivity contribution in [3.05, 3.63) is 42.6 Å². The topological polar surface area (TPSA) is 59.3 Å². The van der Waals surface area contributed by atoms with Crippen LogP contribution in [0.15, 0.2) is 42.6 Å². The van der Waals surface area contributed by atoms with Crippen LogP contribution in [0.25, 0.3) is 11.2 Å². The highest BCUT2D eigenvalue weighted by atomic mass is 16.5. The van der Waals surface area contributed by atoms with E-state index >= 15 is 0 Å². The van der Waals surface area contributed by atoms with Crippen LogP contribution in [0.5, 0.6) is 5.75 Å². The fourth-order valence-electron chi connectivity index (χ4n) is 3.51. The first-order valence-electron chi connectivity index (χ1n) is 9.10. The summed E-state index contributed by atoms with van der Waals surface area (Å²) < 4.78 is 7.39. The van der Waals surface area contributed by atoms with E-state index in [-0.39, 0.29) is 0 Å². The van der Waals surface area contributed by atoms with Gasteiger partial charge in [-0.3, -0.25) is 4.90 Å². The number of hydrogen-bond acceptors (Lipinski definition) is 6. The number of rotatable bonds is 6. The third-order valence-corrected chi connectivity index (χ3v) is 4.91. The highest BCUT2D eigenvalue weighted by molar-refractivity contribution is 5.68. The van der Waals surface area contributed by atoms with Crippen LogP contribution in [-0.2, 0) is 6.54 Å². The van der Waals surface area contributed by atoms with E-state index in [0.29, 0.717) is 0 Å². The normalized spacial score (nSPS) is 15.5. The van der Waals surface area contributed by atoms with Gasteiger partial charge in [-0.15, -0.1) is 5.10 Å². The van der Waals surface area contributed by atoms with E-state index in [1.54, 1.807) is 13.3 Å². The lowest BCUT2D eigenvalue weighted by Gasteiger charge is -2.36. The summed E-state index contributed by atoms with van der Waals surface area (Å²) >= 11 is 0. The first-order chi connectivity index (χ1) is 12.8. The second-order valence-electron chi connectivity index (χ2n) is 6.51. The van der Waals surface area contributed by atoms with E-state index in [0.717, 1.165) is 62.6 Å². The van der Waals surface area contributed by atoms with Gasteiger partial charge in [-0.2, -0.15) is 0 Å². The van der Waals surface area contributed by atoms with Crippen molar-refractivity contribution in [1.29, 1.82) is 0 Å². The Bertz CT molecular complexity index is 856. The fraction of sp³-hybridized carbons (Fsp3) is 0.421. The molecule has 1 aromatic carbocycles. The summed E-state index contributed by atoms with van der Waals surface area (Å²) in [7, 11) is 1.73. The van der Waals surface area contributed by atoms with Crippen molar-refractivity contribution < 1.29 is 4.74 Å². The van der Waals surface area contributed by atoms with Gasteiger partial charge in [-0.05, 0) is 30.7 Å². The molecule has 0 amide bonds. The van der Waals surface area contributed by atoms with Gasteiger partial charge >= 0.3 is 0 Å². The van der Waals surface area contributed by atoms with Crippen molar-refractivity contribution in [1.82, 2.24) is 24.9 Å². The largest absolute Gasteiger partial charge is 0.495 e. The van der Waals surface area contributed by atoms with Crippen molar-refractivity contribution in [3.8, 4) is 5.75 Å². The average Bonchev–Trinajstić information content (AvgIpc) is 3.12. The maximum atomic E-state index is 5.49. The zero-order valence-electron chi connectivity index (χ0n) is 15.1. The van der Waals surface area contributed by atoms with Gasteiger partial charge in [0.25, 0.3) is 0 Å². The minimum absolute atomic E-state index is 0.847. The van der Waals surface area contributed by atoms with E-state index < -0.39 is 0 Å². The van der Waals surface area contributed by atoms with Gasteiger partial charge in [0.05, 0.1) is 12.8 Å². The Labute approximate surface area is 153 Å². The fourth-order valence-corrected chi connectivity index (χ4v) is 3.51. The molecule has 3 heterocycles. The van der Waals surface area contributed by atoms with Crippen molar-refractivity contribution in [3.63, 3.8) is 0 Å². The Hall–Kier alpha value is -2.67. The molecule has 1 fully saturated rings. The van der Waals surface area contributed by atoms with Gasteiger partial charge in [0.1, 0.15) is 11.3 Å². The summed E-state index contributed by atoms with van der Waals surface area (Å²) in [6, 6.07) is 12.1. The molecule has 4 rings (SSSR count). The zero-order valence-corrected chi connectivity index (χ0v) is 15.1. The molecule has 3 aromatic rings. The number of benzene rings is 1. The first-order valence-corrected chi connectivity index (χ1v) is 9.10. The number of anilines is 1. The number of hydrogen-bond donors (Lipinski definition) is 0. The number of fused-ring (bicyclic) bond motifs is 1. The Morgan fingerprint density at radius 3 is 2.69 bits per heavy atom. The zero-order chi connectivity index (χ0) is 17.8. The third kappa shape index (κ3) is 3.48. The van der Waals surface area contributed by atoms with Crippen LogP contribution < -0.4 is 9.64 Å². The Morgan fingerprint density at radius 1 is 1.00 bits per heavy atom. The van der Waals surface area contributed by atoms with Gasteiger partial charge in [0, 0.05) is 45.5 Å². The molecule has 0 aliphatic carbocycles. The van der Waals surface area contributed by atoms with Gasteiger partial charge in [0.2, 0.25) is 0 Å². The number of nitrogens with zero attached hydrogens (tertiary/aromatic N) is 6. The van der Waals surface area contributed by atoms with E-state index in [4.69, 9.17) is 4.74 Å². The molecule has 1 saturated heterocycles. The molecule has 1 aliphatic rings. The van der Waals surface area contributed by atoms with Crippen LogP contribution in [0.3, 0.4) is 0 Å². The SMILES string of the molecule is COc1ccccc1N1CCN(CCCn2nnc3cccnc32)CC1. The van der Waals surface area contributed by atoms with Gasteiger partial charge in [0.15, 0.2) is 5.65 Å². The molecule has 0 N–H and O–H groups in total. The molecule has 0 spiro atoms. The Balaban J connectivity index is 1.28. The molecule has 0 saturated carbocycles. The minimum atomic E-state index is 0.847. The molecule has 0 atom stereocenters. The van der Waals surface area contributed by atoms with E-state index in [1.165, 1.54) is 5.69 Å². The lowest BCUT2D eigenvalue weighted by Crippen LogP contribution is -2.46. The molecular formula is C19H24N6O. The van der Waals surface area contributed by atoms with Crippen molar-refractivity contribution in [2.24, 2.45) is 0 Å². The second kappa shape index (κ2) is 7.70. The van der Waals surface area contributed by atoms with E-state index in [1.807, 2.05) is 28.9 Å². The number of piperazine rings is 1. The Kier molecular flexibility index (Phi) is 4.97. The molecule has 2 aromatic heterocycles. The second-order valence-corrected chi connectivity index (χ2v) is 6.51. The summed E-state index contributed by atoms with van der Waals surface area (Å²) in [5, 5.41) is 8.37. The van der Waals surface area contributed by atoms with Crippen molar-refractivity contribution in [2.75, 3.05) is 44.7 Å². The molecule has 0 radical (unpaired) electrons. The standard InChI is InChI=1S/C19H24N6O/c1-26-18-8-3-2-7-17(18)24-14-12-23(13-15-24)10-5-11-25-19-16(21-22-25)6-4-9-20-19/h2-4,6-9H,5,10-15H2,1H3. The van der Waals surface area contributed by atoms with Crippen LogP contribution >= 0.6 is 0 Å². The number of aryl methyl sites for hydroxylation is 1. The van der Waals surface area contributed by atoms with Gasteiger partial charge in [-0.25, -0.2) is 9.67 Å². The number of ether oxygens (including phenoxy) is 1. The first kappa shape index (κ1) is 16.8. The van der Waals surface area contributed by atoms with Crippen LogP contribution in [0.1, 0.15) is 6.42 Å². The lowest BCUT2D eigenvalue weighted by atomic mass is 10.2. The number of methoxy groups -OCH3 is 1. The molecular weight excluding hydrogens is 328 g/mol. The quantitative estimate of drug-likeness (QED) is 0.677. The number of para-hydroxylation sites is 2. The number of pyridine rings is 1. The van der Waals surface area contributed by atoms with Crippen molar-refractivity contribution in [2.45, 2.75) is 13.0 Å². The summed E-state index contributed by atoms with van der Waals surface area (Å²) in [6.07, 6.45) is 2.84. The maximum Gasteiger partial charge on any atom is 0.178 e. The third-order valence-electron chi connectivity index (χ3n) is 4.91. The highest BCUT2D eigenvalue weighted by Gasteiger charge is 2.19. The van der Waals surface area contributed by atoms with E-state index in [9.17, 15) is 0 Å². The summed E-state index contributed by atoms with van der Waals surface area (Å²) in [5.41, 5.74) is 2.92. The molecule has 136 valence electrons. The minimum Gasteiger partial charge on any atom is -0.495 e. The summed E-state index contributed by atoms with van der Waals surface area (Å²) in [4.78, 5) is 9.29. The molecule has 0 unspecified atom stereocenters. The summed E-state index contributed by atoms with van der Waals surface area (Å²) in [6.45, 7) is 6.08. The predicted molar refractivity (Wildman–Crippen MR) is 102 cm³/mol. The lowest BCUT2D eigenvalue weighted by molar-refractivity contribution is 0.248. The van der Waals surface area contributed by atoms with Crippen molar-refractivity contribution >= 4 is 16.9 Å². The van der Waals surface area contributed by atoms with Crippen LogP contribution in [0.2, 0.25) is 0 Å². The van der Waals surface area contributed by atoms with Crippen LogP contribution in [0, 0.1) is 0 Å². The molecule has 1 aliphatic heterocycles. The Morgan fingerprint density at radius 2 is 1.85 bits per heavy atom. The average molecular weight is 352 g/mol. The molecule has 0 bridgehead atoms. The van der Waals surface area contributed by atoms with Crippen LogP contribution in [0.4, 0.5) is 5.69 Å². The monoisotopic (exact) mass is 352 g/mol. The molecule has 26 heavy (non-hydrogen) atoms. The highest BCUT2D eigenvalue weighted by Crippen LogP contribution is 2.28. The molecule has 7 heteroatoms.